The summed E-state index contributed by atoms with van der Waals surface area (Å²) >= 11 is 0. The molecule has 7 heteroatoms. The summed E-state index contributed by atoms with van der Waals surface area (Å²) < 4.78 is 49.1. The zero-order valence-corrected chi connectivity index (χ0v) is 11.2. The number of nitrogens with zero attached hydrogens (tertiary/aromatic N) is 1. The van der Waals surface area contributed by atoms with Crippen molar-refractivity contribution in [2.75, 3.05) is 25.1 Å². The maximum absolute atomic E-state index is 12.8. The molecule has 0 aliphatic carbocycles. The summed E-state index contributed by atoms with van der Waals surface area (Å²) in [5, 5.41) is 2.85. The van der Waals surface area contributed by atoms with Crippen molar-refractivity contribution < 1.29 is 22.6 Å². The fourth-order valence-corrected chi connectivity index (χ4v) is 1.85. The number of nitrogens with one attached hydrogen (secondary N) is 1. The fourth-order valence-electron chi connectivity index (χ4n) is 1.85. The van der Waals surface area contributed by atoms with E-state index >= 15 is 0 Å². The Morgan fingerprint density at radius 1 is 1.45 bits per heavy atom. The van der Waals surface area contributed by atoms with E-state index in [-0.39, 0.29) is 17.8 Å². The van der Waals surface area contributed by atoms with E-state index in [0.717, 1.165) is 18.6 Å². The Morgan fingerprint density at radius 3 is 2.85 bits per heavy atom. The van der Waals surface area contributed by atoms with Gasteiger partial charge >= 0.3 is 6.18 Å². The Hall–Kier alpha value is -1.50. The Kier molecular flexibility index (Phi) is 4.69. The van der Waals surface area contributed by atoms with Crippen molar-refractivity contribution >= 4 is 5.82 Å². The first kappa shape index (κ1) is 14.9. The molecule has 0 amide bonds. The van der Waals surface area contributed by atoms with Crippen LogP contribution >= 0.6 is 0 Å². The minimum absolute atomic E-state index is 0.0195. The maximum atomic E-state index is 12.8. The number of ether oxygens (including phenoxy) is 2. The molecule has 1 N–H and O–H groups in total. The fraction of sp³-hybridized carbons (Fsp3) is 0.615. The average Bonchev–Trinajstić information content (AvgIpc) is 2.88. The molecule has 1 saturated heterocycles. The Labute approximate surface area is 115 Å². The van der Waals surface area contributed by atoms with Gasteiger partial charge in [0.1, 0.15) is 11.9 Å². The van der Waals surface area contributed by atoms with Gasteiger partial charge in [0, 0.05) is 19.0 Å². The predicted octanol–water partition coefficient (Wildman–Crippen LogP) is 3.09. The van der Waals surface area contributed by atoms with Gasteiger partial charge in [0.25, 0.3) is 0 Å². The molecular formula is C13H17F3N2O2. The molecule has 0 spiro atoms. The summed E-state index contributed by atoms with van der Waals surface area (Å²) in [6.07, 6.45) is -3.19. The van der Waals surface area contributed by atoms with Crippen LogP contribution in [-0.2, 0) is 10.9 Å². The highest BCUT2D eigenvalue weighted by Crippen LogP contribution is 2.33. The Bertz CT molecular complexity index is 446. The molecule has 112 valence electrons. The molecule has 1 aromatic rings. The summed E-state index contributed by atoms with van der Waals surface area (Å²) in [5.41, 5.74) is -0.764. The molecular weight excluding hydrogens is 273 g/mol. The highest BCUT2D eigenvalue weighted by atomic mass is 19.4. The first-order valence-electron chi connectivity index (χ1n) is 6.56. The summed E-state index contributed by atoms with van der Waals surface area (Å²) in [7, 11) is 0. The zero-order valence-electron chi connectivity index (χ0n) is 11.2. The largest absolute Gasteiger partial charge is 0.472 e. The molecule has 1 fully saturated rings. The highest BCUT2D eigenvalue weighted by Gasteiger charge is 2.32. The lowest BCUT2D eigenvalue weighted by atomic mass is 10.2. The van der Waals surface area contributed by atoms with Crippen LogP contribution in [-0.4, -0.2) is 30.8 Å². The van der Waals surface area contributed by atoms with Crippen LogP contribution in [0.25, 0.3) is 0 Å². The third-order valence-electron chi connectivity index (χ3n) is 2.86. The lowest BCUT2D eigenvalue weighted by Gasteiger charge is -2.15. The molecule has 1 aromatic heterocycles. The highest BCUT2D eigenvalue weighted by molar-refractivity contribution is 5.42. The first-order valence-corrected chi connectivity index (χ1v) is 6.56. The number of hydrogen-bond donors (Lipinski definition) is 1. The van der Waals surface area contributed by atoms with E-state index < -0.39 is 11.7 Å². The lowest BCUT2D eigenvalue weighted by molar-refractivity contribution is -0.137. The van der Waals surface area contributed by atoms with Gasteiger partial charge in [-0.2, -0.15) is 18.2 Å². The average molecular weight is 290 g/mol. The van der Waals surface area contributed by atoms with Crippen molar-refractivity contribution in [1.29, 1.82) is 0 Å². The first-order chi connectivity index (χ1) is 9.49. The van der Waals surface area contributed by atoms with Gasteiger partial charge < -0.3 is 14.8 Å². The van der Waals surface area contributed by atoms with Gasteiger partial charge in [0.15, 0.2) is 0 Å². The van der Waals surface area contributed by atoms with E-state index in [0.29, 0.717) is 26.2 Å². The van der Waals surface area contributed by atoms with Crippen molar-refractivity contribution in [2.24, 2.45) is 0 Å². The number of halogens is 3. The van der Waals surface area contributed by atoms with E-state index in [1.54, 1.807) is 0 Å². The van der Waals surface area contributed by atoms with Crippen LogP contribution in [0, 0.1) is 0 Å². The van der Waals surface area contributed by atoms with Crippen LogP contribution in [0.1, 0.15) is 25.3 Å². The molecule has 4 nitrogen and oxygen atoms in total. The SMILES string of the molecule is CCCNc1cc(C(F)(F)F)cc(OC2CCOC2)n1. The van der Waals surface area contributed by atoms with Gasteiger partial charge in [-0.15, -0.1) is 0 Å². The predicted molar refractivity (Wildman–Crippen MR) is 67.9 cm³/mol. The quantitative estimate of drug-likeness (QED) is 0.905. The topological polar surface area (TPSA) is 43.4 Å². The smallest absolute Gasteiger partial charge is 0.416 e. The van der Waals surface area contributed by atoms with Gasteiger partial charge in [-0.05, 0) is 12.5 Å². The Morgan fingerprint density at radius 2 is 2.25 bits per heavy atom. The number of hydrogen-bond acceptors (Lipinski definition) is 4. The van der Waals surface area contributed by atoms with E-state index in [2.05, 4.69) is 10.3 Å². The van der Waals surface area contributed by atoms with Crippen LogP contribution in [0.2, 0.25) is 0 Å². The third-order valence-corrected chi connectivity index (χ3v) is 2.86. The van der Waals surface area contributed by atoms with Gasteiger partial charge in [-0.25, -0.2) is 0 Å². The molecule has 0 bridgehead atoms. The van der Waals surface area contributed by atoms with Crippen LogP contribution in [0.15, 0.2) is 12.1 Å². The molecule has 1 aliphatic rings. The van der Waals surface area contributed by atoms with Crippen LogP contribution in [0.3, 0.4) is 0 Å². The molecule has 2 rings (SSSR count). The number of aromatic nitrogens is 1. The molecule has 0 aromatic carbocycles. The van der Waals surface area contributed by atoms with E-state index in [1.165, 1.54) is 0 Å². The van der Waals surface area contributed by atoms with Crippen molar-refractivity contribution in [3.63, 3.8) is 0 Å². The van der Waals surface area contributed by atoms with Crippen molar-refractivity contribution in [2.45, 2.75) is 32.0 Å². The minimum Gasteiger partial charge on any atom is -0.472 e. The standard InChI is InChI=1S/C13H17F3N2O2/c1-2-4-17-11-6-9(13(14,15)16)7-12(18-11)20-10-3-5-19-8-10/h6-7,10H,2-5,8H2,1H3,(H,17,18). The van der Waals surface area contributed by atoms with E-state index in [9.17, 15) is 13.2 Å². The molecule has 1 unspecified atom stereocenters. The normalized spacial score (nSPS) is 19.1. The number of alkyl halides is 3. The van der Waals surface area contributed by atoms with Crippen molar-refractivity contribution in [3.05, 3.63) is 17.7 Å². The third kappa shape index (κ3) is 4.00. The zero-order chi connectivity index (χ0) is 14.6. The molecule has 2 heterocycles. The number of rotatable bonds is 5. The summed E-state index contributed by atoms with van der Waals surface area (Å²) in [5.74, 6) is 0.157. The van der Waals surface area contributed by atoms with Gasteiger partial charge in [-0.1, -0.05) is 6.92 Å². The van der Waals surface area contributed by atoms with Crippen LogP contribution in [0.5, 0.6) is 5.88 Å². The van der Waals surface area contributed by atoms with E-state index in [1.807, 2.05) is 6.92 Å². The van der Waals surface area contributed by atoms with Gasteiger partial charge in [0.2, 0.25) is 5.88 Å². The number of pyridine rings is 1. The maximum Gasteiger partial charge on any atom is 0.416 e. The minimum atomic E-state index is -4.42. The summed E-state index contributed by atoms with van der Waals surface area (Å²) in [6, 6.07) is 1.92. The molecule has 20 heavy (non-hydrogen) atoms. The second kappa shape index (κ2) is 6.30. The molecule has 1 aliphatic heterocycles. The molecule has 0 saturated carbocycles. The summed E-state index contributed by atoms with van der Waals surface area (Å²) in [4.78, 5) is 4.06. The van der Waals surface area contributed by atoms with Crippen molar-refractivity contribution in [3.8, 4) is 5.88 Å². The Balaban J connectivity index is 2.19. The molecule has 1 atom stereocenters. The van der Waals surface area contributed by atoms with Crippen molar-refractivity contribution in [1.82, 2.24) is 4.98 Å². The molecule has 0 radical (unpaired) electrons. The number of anilines is 1. The second-order valence-corrected chi connectivity index (χ2v) is 4.61. The lowest BCUT2D eigenvalue weighted by Crippen LogP contribution is -2.18. The summed E-state index contributed by atoms with van der Waals surface area (Å²) in [6.45, 7) is 3.42. The van der Waals surface area contributed by atoms with Crippen LogP contribution in [0.4, 0.5) is 19.0 Å². The monoisotopic (exact) mass is 290 g/mol. The van der Waals surface area contributed by atoms with Crippen LogP contribution < -0.4 is 10.1 Å². The van der Waals surface area contributed by atoms with Gasteiger partial charge in [0.05, 0.1) is 18.8 Å². The van der Waals surface area contributed by atoms with E-state index in [4.69, 9.17) is 9.47 Å². The van der Waals surface area contributed by atoms with Gasteiger partial charge in [-0.3, -0.25) is 0 Å². The second-order valence-electron chi connectivity index (χ2n) is 4.61.